The van der Waals surface area contributed by atoms with Crippen LogP contribution in [-0.4, -0.2) is 24.3 Å². The standard InChI is InChI=1S/C9H10FNO2/c10-4-5-11-8-3-1-2-7(6-8)9(12)13/h1-3,6,11H,4-5H2,(H,12,13). The molecule has 70 valence electrons. The summed E-state index contributed by atoms with van der Waals surface area (Å²) in [6, 6.07) is 6.27. The van der Waals surface area contributed by atoms with Crippen LogP contribution in [-0.2, 0) is 0 Å². The average molecular weight is 183 g/mol. The topological polar surface area (TPSA) is 49.3 Å². The van der Waals surface area contributed by atoms with Gasteiger partial charge in [-0.05, 0) is 18.2 Å². The average Bonchev–Trinajstić information content (AvgIpc) is 2.15. The maximum atomic E-state index is 11.8. The molecule has 0 spiro atoms. The van der Waals surface area contributed by atoms with Gasteiger partial charge in [0.15, 0.2) is 0 Å². The Kier molecular flexibility index (Phi) is 3.25. The van der Waals surface area contributed by atoms with Crippen molar-refractivity contribution in [3.05, 3.63) is 29.8 Å². The smallest absolute Gasteiger partial charge is 0.335 e. The molecule has 0 aliphatic carbocycles. The molecule has 0 aromatic heterocycles. The second-order valence-electron chi connectivity index (χ2n) is 2.50. The lowest BCUT2D eigenvalue weighted by Gasteiger charge is -2.03. The van der Waals surface area contributed by atoms with Crippen LogP contribution in [0.25, 0.3) is 0 Å². The number of carboxylic acid groups (broad SMARTS) is 1. The van der Waals surface area contributed by atoms with Gasteiger partial charge in [0.2, 0.25) is 0 Å². The Morgan fingerprint density at radius 3 is 2.92 bits per heavy atom. The Labute approximate surface area is 75.2 Å². The molecular weight excluding hydrogens is 173 g/mol. The minimum atomic E-state index is -0.983. The summed E-state index contributed by atoms with van der Waals surface area (Å²) >= 11 is 0. The van der Waals surface area contributed by atoms with Crippen molar-refractivity contribution in [2.45, 2.75) is 0 Å². The summed E-state index contributed by atoms with van der Waals surface area (Å²) in [5.74, 6) is -0.983. The van der Waals surface area contributed by atoms with Crippen LogP contribution in [0.2, 0.25) is 0 Å². The molecule has 1 aromatic rings. The van der Waals surface area contributed by atoms with Gasteiger partial charge in [0, 0.05) is 12.2 Å². The van der Waals surface area contributed by atoms with Crippen molar-refractivity contribution in [1.29, 1.82) is 0 Å². The molecule has 1 aromatic carbocycles. The van der Waals surface area contributed by atoms with E-state index in [9.17, 15) is 9.18 Å². The highest BCUT2D eigenvalue weighted by Gasteiger charge is 2.01. The lowest BCUT2D eigenvalue weighted by atomic mass is 10.2. The number of hydrogen-bond donors (Lipinski definition) is 2. The lowest BCUT2D eigenvalue weighted by molar-refractivity contribution is 0.0697. The molecule has 0 heterocycles. The molecule has 13 heavy (non-hydrogen) atoms. The quantitative estimate of drug-likeness (QED) is 0.747. The number of carboxylic acids is 1. The molecule has 3 nitrogen and oxygen atoms in total. The number of hydrogen-bond acceptors (Lipinski definition) is 2. The molecule has 1 rings (SSSR count). The summed E-state index contributed by atoms with van der Waals surface area (Å²) in [5, 5.41) is 11.4. The second kappa shape index (κ2) is 4.45. The van der Waals surface area contributed by atoms with Gasteiger partial charge >= 0.3 is 5.97 Å². The van der Waals surface area contributed by atoms with E-state index in [4.69, 9.17) is 5.11 Å². The van der Waals surface area contributed by atoms with E-state index in [-0.39, 0.29) is 12.1 Å². The van der Waals surface area contributed by atoms with E-state index in [0.29, 0.717) is 5.69 Å². The highest BCUT2D eigenvalue weighted by atomic mass is 19.1. The Balaban J connectivity index is 2.73. The molecule has 0 fully saturated rings. The number of benzene rings is 1. The van der Waals surface area contributed by atoms with Crippen molar-refractivity contribution < 1.29 is 14.3 Å². The van der Waals surface area contributed by atoms with Gasteiger partial charge in [-0.15, -0.1) is 0 Å². The molecule has 2 N–H and O–H groups in total. The Hall–Kier alpha value is -1.58. The maximum Gasteiger partial charge on any atom is 0.335 e. The van der Waals surface area contributed by atoms with Crippen molar-refractivity contribution in [2.24, 2.45) is 0 Å². The van der Waals surface area contributed by atoms with Gasteiger partial charge in [-0.25, -0.2) is 9.18 Å². The highest BCUT2D eigenvalue weighted by Crippen LogP contribution is 2.09. The van der Waals surface area contributed by atoms with E-state index in [1.54, 1.807) is 12.1 Å². The van der Waals surface area contributed by atoms with Gasteiger partial charge in [0.05, 0.1) is 5.56 Å². The molecule has 4 heteroatoms. The molecule has 0 bridgehead atoms. The predicted molar refractivity (Wildman–Crippen MR) is 47.9 cm³/mol. The molecule has 0 radical (unpaired) electrons. The van der Waals surface area contributed by atoms with Gasteiger partial charge in [0.1, 0.15) is 6.67 Å². The summed E-state index contributed by atoms with van der Waals surface area (Å²) in [4.78, 5) is 10.5. The van der Waals surface area contributed by atoms with Crippen LogP contribution in [0.1, 0.15) is 10.4 Å². The number of aromatic carboxylic acids is 1. The SMILES string of the molecule is O=C(O)c1cccc(NCCF)c1. The van der Waals surface area contributed by atoms with E-state index >= 15 is 0 Å². The fourth-order valence-electron chi connectivity index (χ4n) is 0.954. The molecule has 0 aliphatic rings. The largest absolute Gasteiger partial charge is 0.478 e. The fourth-order valence-corrected chi connectivity index (χ4v) is 0.954. The normalized spacial score (nSPS) is 9.62. The predicted octanol–water partition coefficient (Wildman–Crippen LogP) is 1.77. The third kappa shape index (κ3) is 2.74. The van der Waals surface area contributed by atoms with Crippen molar-refractivity contribution in [3.8, 4) is 0 Å². The summed E-state index contributed by atoms with van der Waals surface area (Å²) in [7, 11) is 0. The molecule has 0 atom stereocenters. The number of anilines is 1. The van der Waals surface area contributed by atoms with Gasteiger partial charge in [-0.1, -0.05) is 6.07 Å². The van der Waals surface area contributed by atoms with Crippen molar-refractivity contribution in [3.63, 3.8) is 0 Å². The lowest BCUT2D eigenvalue weighted by Crippen LogP contribution is -2.04. The van der Waals surface area contributed by atoms with E-state index in [0.717, 1.165) is 0 Å². The molecule has 0 unspecified atom stereocenters. The van der Waals surface area contributed by atoms with Gasteiger partial charge in [-0.2, -0.15) is 0 Å². The first kappa shape index (κ1) is 9.51. The summed E-state index contributed by atoms with van der Waals surface area (Å²) < 4.78 is 11.8. The first-order valence-corrected chi connectivity index (χ1v) is 3.87. The fraction of sp³-hybridized carbons (Fsp3) is 0.222. The zero-order valence-electron chi connectivity index (χ0n) is 6.96. The Bertz CT molecular complexity index is 301. The Morgan fingerprint density at radius 2 is 2.31 bits per heavy atom. The van der Waals surface area contributed by atoms with Crippen molar-refractivity contribution in [1.82, 2.24) is 0 Å². The summed E-state index contributed by atoms with van der Waals surface area (Å²) in [5.41, 5.74) is 0.821. The third-order valence-corrected chi connectivity index (χ3v) is 1.53. The van der Waals surface area contributed by atoms with Crippen LogP contribution in [0.15, 0.2) is 24.3 Å². The van der Waals surface area contributed by atoms with Crippen LogP contribution >= 0.6 is 0 Å². The maximum absolute atomic E-state index is 11.8. The van der Waals surface area contributed by atoms with Gasteiger partial charge < -0.3 is 10.4 Å². The number of rotatable bonds is 4. The monoisotopic (exact) mass is 183 g/mol. The zero-order chi connectivity index (χ0) is 9.68. The van der Waals surface area contributed by atoms with E-state index in [1.807, 2.05) is 0 Å². The third-order valence-electron chi connectivity index (χ3n) is 1.53. The Morgan fingerprint density at radius 1 is 1.54 bits per heavy atom. The molecule has 0 saturated heterocycles. The molecule has 0 aliphatic heterocycles. The summed E-state index contributed by atoms with van der Waals surface area (Å²) in [6.07, 6.45) is 0. The number of halogens is 1. The first-order valence-electron chi connectivity index (χ1n) is 3.87. The minimum Gasteiger partial charge on any atom is -0.478 e. The van der Waals surface area contributed by atoms with Crippen LogP contribution in [0.3, 0.4) is 0 Å². The number of alkyl halides is 1. The van der Waals surface area contributed by atoms with Gasteiger partial charge in [-0.3, -0.25) is 0 Å². The molecular formula is C9H10FNO2. The zero-order valence-corrected chi connectivity index (χ0v) is 6.96. The van der Waals surface area contributed by atoms with Crippen molar-refractivity contribution in [2.75, 3.05) is 18.5 Å². The van der Waals surface area contributed by atoms with Crippen LogP contribution in [0.4, 0.5) is 10.1 Å². The van der Waals surface area contributed by atoms with E-state index in [1.165, 1.54) is 12.1 Å². The van der Waals surface area contributed by atoms with Crippen molar-refractivity contribution >= 4 is 11.7 Å². The van der Waals surface area contributed by atoms with E-state index in [2.05, 4.69) is 5.32 Å². The van der Waals surface area contributed by atoms with Crippen LogP contribution in [0.5, 0.6) is 0 Å². The number of carbonyl (C=O) groups is 1. The van der Waals surface area contributed by atoms with Crippen LogP contribution < -0.4 is 5.32 Å². The van der Waals surface area contributed by atoms with E-state index < -0.39 is 12.6 Å². The first-order chi connectivity index (χ1) is 6.24. The number of nitrogens with one attached hydrogen (secondary N) is 1. The van der Waals surface area contributed by atoms with Crippen LogP contribution in [0, 0.1) is 0 Å². The highest BCUT2D eigenvalue weighted by molar-refractivity contribution is 5.88. The minimum absolute atomic E-state index is 0.197. The second-order valence-corrected chi connectivity index (χ2v) is 2.50. The van der Waals surface area contributed by atoms with Gasteiger partial charge in [0.25, 0.3) is 0 Å². The molecule has 0 saturated carbocycles. The molecule has 0 amide bonds. The summed E-state index contributed by atoms with van der Waals surface area (Å²) in [6.45, 7) is -0.277.